The summed E-state index contributed by atoms with van der Waals surface area (Å²) < 4.78 is 6.42. The second kappa shape index (κ2) is 20.6. The minimum Gasteiger partial charge on any atom is -0.481 e. The molecule has 4 fully saturated rings. The molecule has 8 atom stereocenters. The number of nitrogens with one attached hydrogen (secondary N) is 1. The predicted molar refractivity (Wildman–Crippen MR) is 243 cm³/mol. The number of carbonyl (C=O) groups is 3. The van der Waals surface area contributed by atoms with Gasteiger partial charge in [-0.05, 0) is 123 Å². The van der Waals surface area contributed by atoms with Gasteiger partial charge in [0.25, 0.3) is 0 Å². The fourth-order valence-electron chi connectivity index (χ4n) is 14.5. The third-order valence-electron chi connectivity index (χ3n) is 18.4. The Labute approximate surface area is 362 Å². The van der Waals surface area contributed by atoms with E-state index in [0.29, 0.717) is 30.1 Å². The van der Waals surface area contributed by atoms with Crippen LogP contribution in [0.25, 0.3) is 0 Å². The van der Waals surface area contributed by atoms with E-state index < -0.39 is 5.97 Å². The second-order valence-corrected chi connectivity index (χ2v) is 23.0. The average molecular weight is 822 g/mol. The van der Waals surface area contributed by atoms with Crippen molar-refractivity contribution in [2.45, 2.75) is 248 Å². The van der Waals surface area contributed by atoms with E-state index in [1.807, 2.05) is 0 Å². The SMILES string of the molecule is CCCCCCCCCCCC(=O)O[C@H]1CC[C@]2(C)[C@H]3CC=C4[C@@H]5CC(C)(C)CC[C@]5(C(=O)NCCCCCCCCCCC(=O)O)CC[C@@]4(C)[C@]3(C)CC[C@H]2C1(C)C. The predicted octanol–water partition coefficient (Wildman–Crippen LogP) is 14.3. The highest BCUT2D eigenvalue weighted by Gasteiger charge is 2.69. The molecular weight excluding hydrogens is 731 g/mol. The van der Waals surface area contributed by atoms with Crippen molar-refractivity contribution < 1.29 is 24.2 Å². The van der Waals surface area contributed by atoms with Crippen molar-refractivity contribution in [3.8, 4) is 0 Å². The summed E-state index contributed by atoms with van der Waals surface area (Å²) in [6.45, 7) is 20.7. The minimum atomic E-state index is -0.689. The van der Waals surface area contributed by atoms with Gasteiger partial charge in [-0.1, -0.05) is 157 Å². The lowest BCUT2D eigenvalue weighted by Gasteiger charge is -2.71. The zero-order chi connectivity index (χ0) is 43.0. The Morgan fingerprint density at radius 2 is 1.25 bits per heavy atom. The van der Waals surface area contributed by atoms with Gasteiger partial charge in [-0.2, -0.15) is 0 Å². The summed E-state index contributed by atoms with van der Waals surface area (Å²) in [6.07, 6.45) is 34.5. The zero-order valence-electron chi connectivity index (χ0n) is 39.7. The van der Waals surface area contributed by atoms with Crippen molar-refractivity contribution in [1.29, 1.82) is 0 Å². The number of aliphatic carboxylic acids is 1. The molecule has 0 spiro atoms. The molecule has 2 N–H and O–H groups in total. The molecule has 1 amide bonds. The summed E-state index contributed by atoms with van der Waals surface area (Å²) >= 11 is 0. The van der Waals surface area contributed by atoms with Gasteiger partial charge < -0.3 is 15.2 Å². The first-order chi connectivity index (χ1) is 28.0. The summed E-state index contributed by atoms with van der Waals surface area (Å²) in [4.78, 5) is 38.5. The zero-order valence-corrected chi connectivity index (χ0v) is 39.7. The van der Waals surface area contributed by atoms with Crippen LogP contribution in [-0.4, -0.2) is 35.6 Å². The lowest BCUT2D eigenvalue weighted by atomic mass is 9.33. The van der Waals surface area contributed by atoms with Crippen LogP contribution in [0.3, 0.4) is 0 Å². The lowest BCUT2D eigenvalue weighted by Crippen LogP contribution is -2.65. The molecular formula is C53H91NO5. The fourth-order valence-corrected chi connectivity index (χ4v) is 14.5. The van der Waals surface area contributed by atoms with E-state index in [1.54, 1.807) is 5.57 Å². The Hall–Kier alpha value is -1.85. The van der Waals surface area contributed by atoms with E-state index in [4.69, 9.17) is 9.84 Å². The number of fused-ring (bicyclic) bond motifs is 7. The number of carbonyl (C=O) groups excluding carboxylic acids is 2. The number of carboxylic acid groups (broad SMARTS) is 1. The molecule has 0 saturated heterocycles. The largest absolute Gasteiger partial charge is 0.481 e. The van der Waals surface area contributed by atoms with E-state index in [2.05, 4.69) is 66.8 Å². The van der Waals surface area contributed by atoms with Crippen LogP contribution < -0.4 is 5.32 Å². The topological polar surface area (TPSA) is 92.7 Å². The lowest BCUT2D eigenvalue weighted by molar-refractivity contribution is -0.213. The summed E-state index contributed by atoms with van der Waals surface area (Å²) in [5.41, 5.74) is 1.98. The summed E-state index contributed by atoms with van der Waals surface area (Å²) in [5.74, 6) is 1.09. The second-order valence-electron chi connectivity index (χ2n) is 23.0. The smallest absolute Gasteiger partial charge is 0.306 e. The number of hydrogen-bond acceptors (Lipinski definition) is 4. The molecule has 59 heavy (non-hydrogen) atoms. The van der Waals surface area contributed by atoms with Crippen LogP contribution in [0.5, 0.6) is 0 Å². The summed E-state index contributed by atoms with van der Waals surface area (Å²) in [5, 5.41) is 12.4. The third-order valence-corrected chi connectivity index (χ3v) is 18.4. The molecule has 6 heteroatoms. The van der Waals surface area contributed by atoms with Crippen LogP contribution in [0.1, 0.15) is 242 Å². The van der Waals surface area contributed by atoms with Gasteiger partial charge in [0.15, 0.2) is 0 Å². The monoisotopic (exact) mass is 822 g/mol. The highest BCUT2D eigenvalue weighted by molar-refractivity contribution is 5.84. The molecule has 338 valence electrons. The molecule has 0 bridgehead atoms. The standard InChI is InChI=1S/C53H91NO5/c1-9-10-11-12-13-14-18-21-24-27-46(57)59-44-31-32-50(6)42(49(44,4)5)30-33-52(8)43(50)29-28-40-41-39-48(2,3)34-36-53(41,37-35-51(40,52)7)47(58)54-38-25-22-19-16-15-17-20-23-26-45(55)56/h28,41-44H,9-27,29-39H2,1-8H3,(H,54,58)(H,55,56)/t41-,42-,43+,44-,50-,51+,52+,53-/m0/s1. The number of ether oxygens (including phenoxy) is 1. The van der Waals surface area contributed by atoms with E-state index in [-0.39, 0.29) is 51.0 Å². The highest BCUT2D eigenvalue weighted by Crippen LogP contribution is 2.76. The molecule has 0 radical (unpaired) electrons. The Bertz CT molecular complexity index is 1430. The van der Waals surface area contributed by atoms with Crippen molar-refractivity contribution in [1.82, 2.24) is 5.32 Å². The molecule has 0 aromatic carbocycles. The number of unbranched alkanes of at least 4 members (excludes halogenated alkanes) is 15. The Kier molecular flexibility index (Phi) is 16.8. The van der Waals surface area contributed by atoms with Gasteiger partial charge in [0.05, 0.1) is 5.41 Å². The van der Waals surface area contributed by atoms with Crippen molar-refractivity contribution in [2.24, 2.45) is 50.2 Å². The van der Waals surface area contributed by atoms with Crippen molar-refractivity contribution in [3.63, 3.8) is 0 Å². The highest BCUT2D eigenvalue weighted by atomic mass is 16.5. The normalized spacial score (nSPS) is 34.3. The molecule has 6 nitrogen and oxygen atoms in total. The van der Waals surface area contributed by atoms with Crippen LogP contribution in [0.4, 0.5) is 0 Å². The fraction of sp³-hybridized carbons (Fsp3) is 0.906. The van der Waals surface area contributed by atoms with E-state index in [9.17, 15) is 14.4 Å². The first-order valence-electron chi connectivity index (χ1n) is 25.4. The van der Waals surface area contributed by atoms with E-state index >= 15 is 0 Å². The van der Waals surface area contributed by atoms with Gasteiger partial charge in [-0.15, -0.1) is 0 Å². The van der Waals surface area contributed by atoms with Crippen LogP contribution >= 0.6 is 0 Å². The molecule has 5 aliphatic rings. The number of esters is 1. The third kappa shape index (κ3) is 10.7. The number of carboxylic acids is 1. The molecule has 4 saturated carbocycles. The van der Waals surface area contributed by atoms with E-state index in [1.165, 1.54) is 77.0 Å². The molecule has 0 aliphatic heterocycles. The maximum Gasteiger partial charge on any atom is 0.306 e. The van der Waals surface area contributed by atoms with Gasteiger partial charge in [-0.25, -0.2) is 0 Å². The van der Waals surface area contributed by atoms with Crippen molar-refractivity contribution >= 4 is 17.8 Å². The number of allylic oxidation sites excluding steroid dienone is 2. The Morgan fingerprint density at radius 1 is 0.678 bits per heavy atom. The van der Waals surface area contributed by atoms with Crippen LogP contribution in [0, 0.1) is 50.2 Å². The Morgan fingerprint density at radius 3 is 1.88 bits per heavy atom. The van der Waals surface area contributed by atoms with Gasteiger partial charge in [0, 0.05) is 24.8 Å². The minimum absolute atomic E-state index is 0.00131. The first-order valence-corrected chi connectivity index (χ1v) is 25.4. The first kappa shape index (κ1) is 48.2. The van der Waals surface area contributed by atoms with Gasteiger partial charge >= 0.3 is 11.9 Å². The summed E-state index contributed by atoms with van der Waals surface area (Å²) in [7, 11) is 0. The number of rotatable bonds is 23. The maximum atomic E-state index is 14.5. The van der Waals surface area contributed by atoms with Gasteiger partial charge in [0.2, 0.25) is 5.91 Å². The van der Waals surface area contributed by atoms with Crippen molar-refractivity contribution in [3.05, 3.63) is 11.6 Å². The molecule has 0 heterocycles. The average Bonchev–Trinajstić information content (AvgIpc) is 3.17. The number of hydrogen-bond donors (Lipinski definition) is 2. The molecule has 0 unspecified atom stereocenters. The molecule has 0 aromatic heterocycles. The molecule has 5 aliphatic carbocycles. The molecule has 0 aromatic rings. The maximum absolute atomic E-state index is 14.5. The van der Waals surface area contributed by atoms with Gasteiger partial charge in [-0.3, -0.25) is 14.4 Å². The van der Waals surface area contributed by atoms with Crippen LogP contribution in [-0.2, 0) is 19.1 Å². The molecule has 5 rings (SSSR count). The van der Waals surface area contributed by atoms with E-state index in [0.717, 1.165) is 103 Å². The quantitative estimate of drug-likeness (QED) is 0.0608. The summed E-state index contributed by atoms with van der Waals surface area (Å²) in [6, 6.07) is 0. The van der Waals surface area contributed by atoms with Crippen molar-refractivity contribution in [2.75, 3.05) is 6.54 Å². The number of amides is 1. The van der Waals surface area contributed by atoms with Crippen LogP contribution in [0.15, 0.2) is 11.6 Å². The Balaban J connectivity index is 1.19. The van der Waals surface area contributed by atoms with Gasteiger partial charge in [0.1, 0.15) is 6.10 Å². The van der Waals surface area contributed by atoms with Crippen LogP contribution in [0.2, 0.25) is 0 Å².